The highest BCUT2D eigenvalue weighted by Gasteiger charge is 2.13. The van der Waals surface area contributed by atoms with E-state index in [2.05, 4.69) is 10.1 Å². The number of nitrogens with zero attached hydrogens (tertiary/aromatic N) is 3. The van der Waals surface area contributed by atoms with Crippen molar-refractivity contribution in [3.63, 3.8) is 0 Å². The second kappa shape index (κ2) is 5.93. The van der Waals surface area contributed by atoms with Crippen LogP contribution in [0.2, 0.25) is 0 Å². The highest BCUT2D eigenvalue weighted by Crippen LogP contribution is 2.11. The van der Waals surface area contributed by atoms with Crippen LogP contribution in [-0.2, 0) is 12.8 Å². The molecule has 2 aromatic rings. The molecule has 1 unspecified atom stereocenters. The van der Waals surface area contributed by atoms with Gasteiger partial charge in [0, 0.05) is 12.5 Å². The molecule has 0 amide bonds. The molecular weight excluding hydrogens is 245 g/mol. The number of aliphatic hydroxyl groups excluding tert-OH is 1. The zero-order valence-electron chi connectivity index (χ0n) is 11.1. The van der Waals surface area contributed by atoms with Crippen LogP contribution in [0.4, 0.5) is 4.39 Å². The molecule has 19 heavy (non-hydrogen) atoms. The van der Waals surface area contributed by atoms with Crippen LogP contribution in [0.25, 0.3) is 0 Å². The molecule has 0 bridgehead atoms. The minimum Gasteiger partial charge on any atom is -0.392 e. The van der Waals surface area contributed by atoms with E-state index < -0.39 is 6.10 Å². The van der Waals surface area contributed by atoms with Gasteiger partial charge in [0.15, 0.2) is 0 Å². The van der Waals surface area contributed by atoms with Gasteiger partial charge in [-0.15, -0.1) is 0 Å². The van der Waals surface area contributed by atoms with E-state index in [0.717, 1.165) is 11.4 Å². The van der Waals surface area contributed by atoms with E-state index in [1.165, 1.54) is 18.5 Å². The van der Waals surface area contributed by atoms with Crippen molar-refractivity contribution < 1.29 is 9.50 Å². The molecule has 1 N–H and O–H groups in total. The van der Waals surface area contributed by atoms with Crippen LogP contribution in [0.3, 0.4) is 0 Å². The van der Waals surface area contributed by atoms with Gasteiger partial charge in [-0.1, -0.05) is 12.1 Å². The number of aliphatic hydroxyl groups is 1. The van der Waals surface area contributed by atoms with Gasteiger partial charge in [-0.05, 0) is 38.0 Å². The molecule has 0 aliphatic rings. The Morgan fingerprint density at radius 3 is 2.79 bits per heavy atom. The molecule has 4 nitrogen and oxygen atoms in total. The first kappa shape index (κ1) is 13.7. The van der Waals surface area contributed by atoms with Gasteiger partial charge in [0.25, 0.3) is 0 Å². The lowest BCUT2D eigenvalue weighted by atomic mass is 10.1. The van der Waals surface area contributed by atoms with Crippen molar-refractivity contribution in [2.24, 2.45) is 0 Å². The first-order chi connectivity index (χ1) is 9.06. The number of aromatic nitrogens is 3. The monoisotopic (exact) mass is 263 g/mol. The molecular formula is C14H18FN3O. The lowest BCUT2D eigenvalue weighted by Crippen LogP contribution is -2.18. The highest BCUT2D eigenvalue weighted by molar-refractivity contribution is 5.17. The first-order valence-electron chi connectivity index (χ1n) is 6.37. The molecule has 1 atom stereocenters. The van der Waals surface area contributed by atoms with Crippen molar-refractivity contribution in [1.29, 1.82) is 0 Å². The van der Waals surface area contributed by atoms with Crippen LogP contribution in [-0.4, -0.2) is 26.0 Å². The topological polar surface area (TPSA) is 50.9 Å². The third-order valence-corrected chi connectivity index (χ3v) is 2.91. The van der Waals surface area contributed by atoms with Crippen molar-refractivity contribution in [1.82, 2.24) is 14.8 Å². The fourth-order valence-corrected chi connectivity index (χ4v) is 2.07. The summed E-state index contributed by atoms with van der Waals surface area (Å²) >= 11 is 0. The molecule has 1 aromatic carbocycles. The Morgan fingerprint density at radius 2 is 2.11 bits per heavy atom. The van der Waals surface area contributed by atoms with Crippen molar-refractivity contribution in [3.8, 4) is 0 Å². The average Bonchev–Trinajstić information content (AvgIpc) is 2.76. The zero-order chi connectivity index (χ0) is 13.8. The van der Waals surface area contributed by atoms with Crippen LogP contribution in [0, 0.1) is 5.82 Å². The van der Waals surface area contributed by atoms with Gasteiger partial charge in [-0.25, -0.2) is 14.1 Å². The fourth-order valence-electron chi connectivity index (χ4n) is 2.07. The highest BCUT2D eigenvalue weighted by atomic mass is 19.1. The predicted molar refractivity (Wildman–Crippen MR) is 70.2 cm³/mol. The van der Waals surface area contributed by atoms with E-state index in [0.29, 0.717) is 12.8 Å². The number of hydrogen-bond acceptors (Lipinski definition) is 3. The molecule has 1 aromatic heterocycles. The number of benzene rings is 1. The van der Waals surface area contributed by atoms with Crippen LogP contribution >= 0.6 is 0 Å². The van der Waals surface area contributed by atoms with E-state index in [-0.39, 0.29) is 11.9 Å². The predicted octanol–water partition coefficient (Wildman–Crippen LogP) is 2.14. The maximum absolute atomic E-state index is 13.1. The quantitative estimate of drug-likeness (QED) is 0.899. The van der Waals surface area contributed by atoms with Crippen molar-refractivity contribution in [3.05, 3.63) is 47.8 Å². The summed E-state index contributed by atoms with van der Waals surface area (Å²) in [6, 6.07) is 6.49. The molecule has 0 aliphatic carbocycles. The van der Waals surface area contributed by atoms with Crippen molar-refractivity contribution >= 4 is 0 Å². The average molecular weight is 263 g/mol. The standard InChI is InChI=1S/C14H18FN3O/c1-10(2)18-14(16-9-17-18)8-13(19)7-11-4-3-5-12(15)6-11/h3-6,9-10,13,19H,7-8H2,1-2H3. The van der Waals surface area contributed by atoms with Gasteiger partial charge in [0.05, 0.1) is 6.10 Å². The lowest BCUT2D eigenvalue weighted by molar-refractivity contribution is 0.170. The molecule has 0 aliphatic heterocycles. The Balaban J connectivity index is 2.01. The van der Waals surface area contributed by atoms with Gasteiger partial charge < -0.3 is 5.11 Å². The summed E-state index contributed by atoms with van der Waals surface area (Å²) in [7, 11) is 0. The molecule has 102 valence electrons. The van der Waals surface area contributed by atoms with E-state index >= 15 is 0 Å². The number of rotatable bonds is 5. The van der Waals surface area contributed by atoms with E-state index in [4.69, 9.17) is 0 Å². The smallest absolute Gasteiger partial charge is 0.138 e. The number of hydrogen-bond donors (Lipinski definition) is 1. The molecule has 2 rings (SSSR count). The molecule has 0 fully saturated rings. The third-order valence-electron chi connectivity index (χ3n) is 2.91. The SMILES string of the molecule is CC(C)n1ncnc1CC(O)Cc1cccc(F)c1. The lowest BCUT2D eigenvalue weighted by Gasteiger charge is -2.13. The van der Waals surface area contributed by atoms with Gasteiger partial charge >= 0.3 is 0 Å². The minimum atomic E-state index is -0.594. The Morgan fingerprint density at radius 1 is 1.32 bits per heavy atom. The maximum atomic E-state index is 13.1. The van der Waals surface area contributed by atoms with E-state index in [1.807, 2.05) is 13.8 Å². The second-order valence-corrected chi connectivity index (χ2v) is 4.91. The second-order valence-electron chi connectivity index (χ2n) is 4.91. The fraction of sp³-hybridized carbons (Fsp3) is 0.429. The summed E-state index contributed by atoms with van der Waals surface area (Å²) in [4.78, 5) is 4.15. The van der Waals surface area contributed by atoms with Crippen LogP contribution in [0.1, 0.15) is 31.3 Å². The van der Waals surface area contributed by atoms with E-state index in [9.17, 15) is 9.50 Å². The summed E-state index contributed by atoms with van der Waals surface area (Å²) in [6.07, 6.45) is 1.71. The van der Waals surface area contributed by atoms with Crippen LogP contribution in [0.5, 0.6) is 0 Å². The van der Waals surface area contributed by atoms with Gasteiger partial charge in [0.1, 0.15) is 18.0 Å². The normalized spacial score (nSPS) is 12.9. The zero-order valence-corrected chi connectivity index (χ0v) is 11.1. The van der Waals surface area contributed by atoms with E-state index in [1.54, 1.807) is 16.8 Å². The van der Waals surface area contributed by atoms with Gasteiger partial charge in [-0.2, -0.15) is 5.10 Å². The summed E-state index contributed by atoms with van der Waals surface area (Å²) in [5, 5.41) is 14.2. The number of halogens is 1. The summed E-state index contributed by atoms with van der Waals surface area (Å²) in [6.45, 7) is 4.02. The molecule has 5 heteroatoms. The Kier molecular flexibility index (Phi) is 4.27. The maximum Gasteiger partial charge on any atom is 0.138 e. The third kappa shape index (κ3) is 3.61. The summed E-state index contributed by atoms with van der Waals surface area (Å²) in [5.41, 5.74) is 0.781. The van der Waals surface area contributed by atoms with Crippen molar-refractivity contribution in [2.75, 3.05) is 0 Å². The summed E-state index contributed by atoms with van der Waals surface area (Å²) in [5.74, 6) is 0.467. The molecule has 0 saturated heterocycles. The molecule has 0 radical (unpaired) electrons. The van der Waals surface area contributed by atoms with Crippen molar-refractivity contribution in [2.45, 2.75) is 38.8 Å². The summed E-state index contributed by atoms with van der Waals surface area (Å²) < 4.78 is 14.8. The first-order valence-corrected chi connectivity index (χ1v) is 6.37. The Labute approximate surface area is 111 Å². The molecule has 0 saturated carbocycles. The minimum absolute atomic E-state index is 0.207. The van der Waals surface area contributed by atoms with Crippen LogP contribution < -0.4 is 0 Å². The van der Waals surface area contributed by atoms with Gasteiger partial charge in [0.2, 0.25) is 0 Å². The van der Waals surface area contributed by atoms with Crippen LogP contribution in [0.15, 0.2) is 30.6 Å². The molecule has 1 heterocycles. The van der Waals surface area contributed by atoms with Gasteiger partial charge in [-0.3, -0.25) is 0 Å². The molecule has 0 spiro atoms. The largest absolute Gasteiger partial charge is 0.392 e. The Hall–Kier alpha value is -1.75. The Bertz CT molecular complexity index is 539.